The van der Waals surface area contributed by atoms with Crippen molar-refractivity contribution < 1.29 is 19.2 Å². The predicted molar refractivity (Wildman–Crippen MR) is 93.1 cm³/mol. The van der Waals surface area contributed by atoms with Gasteiger partial charge in [0.25, 0.3) is 11.6 Å². The molecule has 0 heterocycles. The predicted octanol–water partition coefficient (Wildman–Crippen LogP) is 3.49. The Morgan fingerprint density at radius 2 is 1.88 bits per heavy atom. The molecule has 1 N–H and O–H groups in total. The van der Waals surface area contributed by atoms with E-state index in [2.05, 4.69) is 5.32 Å². The molecule has 0 saturated carbocycles. The van der Waals surface area contributed by atoms with Crippen LogP contribution in [-0.4, -0.2) is 25.1 Å². The summed E-state index contributed by atoms with van der Waals surface area (Å²) < 4.78 is 10.5. The lowest BCUT2D eigenvalue weighted by Gasteiger charge is -2.19. The molecule has 1 atom stereocenters. The monoisotopic (exact) mass is 344 g/mol. The summed E-state index contributed by atoms with van der Waals surface area (Å²) in [5, 5.41) is 13.8. The van der Waals surface area contributed by atoms with Crippen LogP contribution in [0.15, 0.2) is 42.5 Å². The highest BCUT2D eigenvalue weighted by molar-refractivity contribution is 5.95. The summed E-state index contributed by atoms with van der Waals surface area (Å²) >= 11 is 0. The Bertz CT molecular complexity index is 776. The number of non-ortho nitro benzene ring substituents is 1. The molecule has 132 valence electrons. The SMILES string of the molecule is CC[C@H](NC(=O)c1cccc([N+](=O)[O-])c1)c1ccc(OC)c(OC)c1. The summed E-state index contributed by atoms with van der Waals surface area (Å²) in [7, 11) is 3.10. The van der Waals surface area contributed by atoms with Crippen LogP contribution in [0.1, 0.15) is 35.3 Å². The molecule has 0 spiro atoms. The summed E-state index contributed by atoms with van der Waals surface area (Å²) in [6.45, 7) is 1.94. The quantitative estimate of drug-likeness (QED) is 0.613. The molecule has 2 rings (SSSR count). The van der Waals surface area contributed by atoms with E-state index in [1.807, 2.05) is 13.0 Å². The van der Waals surface area contributed by atoms with Crippen molar-refractivity contribution in [1.82, 2.24) is 5.32 Å². The first-order chi connectivity index (χ1) is 12.0. The minimum atomic E-state index is -0.525. The van der Waals surface area contributed by atoms with Gasteiger partial charge in [0.05, 0.1) is 25.2 Å². The Hall–Kier alpha value is -3.09. The van der Waals surface area contributed by atoms with E-state index in [9.17, 15) is 14.9 Å². The molecule has 0 unspecified atom stereocenters. The number of methoxy groups -OCH3 is 2. The van der Waals surface area contributed by atoms with Gasteiger partial charge in [0.15, 0.2) is 11.5 Å². The second-order valence-electron chi connectivity index (χ2n) is 5.36. The van der Waals surface area contributed by atoms with Gasteiger partial charge in [-0.1, -0.05) is 19.1 Å². The summed E-state index contributed by atoms with van der Waals surface area (Å²) in [4.78, 5) is 22.8. The Morgan fingerprint density at radius 1 is 1.16 bits per heavy atom. The minimum absolute atomic E-state index is 0.119. The Balaban J connectivity index is 2.23. The Labute approximate surface area is 145 Å². The molecule has 7 heteroatoms. The standard InChI is InChI=1S/C18H20N2O5/c1-4-15(12-8-9-16(24-2)17(11-12)25-3)19-18(21)13-6-5-7-14(10-13)20(22)23/h5-11,15H,4H2,1-3H3,(H,19,21)/t15-/m0/s1. The van der Waals surface area contributed by atoms with Gasteiger partial charge in [-0.05, 0) is 30.2 Å². The van der Waals surface area contributed by atoms with Gasteiger partial charge in [-0.25, -0.2) is 0 Å². The summed E-state index contributed by atoms with van der Waals surface area (Å²) in [5.74, 6) is 0.805. The number of carbonyl (C=O) groups excluding carboxylic acids is 1. The van der Waals surface area contributed by atoms with E-state index in [0.29, 0.717) is 17.9 Å². The molecular formula is C18H20N2O5. The zero-order chi connectivity index (χ0) is 18.4. The topological polar surface area (TPSA) is 90.7 Å². The highest BCUT2D eigenvalue weighted by atomic mass is 16.6. The van der Waals surface area contributed by atoms with Gasteiger partial charge < -0.3 is 14.8 Å². The molecule has 25 heavy (non-hydrogen) atoms. The summed E-state index contributed by atoms with van der Waals surface area (Å²) in [6.07, 6.45) is 0.649. The molecule has 0 fully saturated rings. The number of rotatable bonds is 7. The number of hydrogen-bond acceptors (Lipinski definition) is 5. The first-order valence-corrected chi connectivity index (χ1v) is 7.77. The average Bonchev–Trinajstić information content (AvgIpc) is 2.65. The summed E-state index contributed by atoms with van der Waals surface area (Å²) in [6, 6.07) is 10.8. The van der Waals surface area contributed by atoms with Gasteiger partial charge >= 0.3 is 0 Å². The molecule has 7 nitrogen and oxygen atoms in total. The fourth-order valence-corrected chi connectivity index (χ4v) is 2.49. The van der Waals surface area contributed by atoms with Gasteiger partial charge in [-0.3, -0.25) is 14.9 Å². The van der Waals surface area contributed by atoms with E-state index in [-0.39, 0.29) is 23.2 Å². The first kappa shape index (κ1) is 18.3. The van der Waals surface area contributed by atoms with Gasteiger partial charge in [-0.2, -0.15) is 0 Å². The van der Waals surface area contributed by atoms with Crippen molar-refractivity contribution in [2.24, 2.45) is 0 Å². The number of nitrogens with zero attached hydrogens (tertiary/aromatic N) is 1. The average molecular weight is 344 g/mol. The lowest BCUT2D eigenvalue weighted by molar-refractivity contribution is -0.384. The number of carbonyl (C=O) groups is 1. The molecule has 0 saturated heterocycles. The largest absolute Gasteiger partial charge is 0.493 e. The molecule has 0 aliphatic heterocycles. The van der Waals surface area contributed by atoms with Crippen molar-refractivity contribution in [1.29, 1.82) is 0 Å². The molecule has 0 bridgehead atoms. The maximum absolute atomic E-state index is 12.5. The van der Waals surface area contributed by atoms with E-state index in [1.54, 1.807) is 32.4 Å². The smallest absolute Gasteiger partial charge is 0.270 e. The maximum atomic E-state index is 12.5. The molecule has 0 aliphatic carbocycles. The third-order valence-electron chi connectivity index (χ3n) is 3.84. The number of nitrogens with one attached hydrogen (secondary N) is 1. The van der Waals surface area contributed by atoms with Gasteiger partial charge in [-0.15, -0.1) is 0 Å². The van der Waals surface area contributed by atoms with Crippen LogP contribution in [0.5, 0.6) is 11.5 Å². The van der Waals surface area contributed by atoms with Crippen molar-refractivity contribution in [2.45, 2.75) is 19.4 Å². The zero-order valence-electron chi connectivity index (χ0n) is 14.3. The lowest BCUT2D eigenvalue weighted by atomic mass is 10.0. The van der Waals surface area contributed by atoms with E-state index in [1.165, 1.54) is 18.2 Å². The van der Waals surface area contributed by atoms with Crippen LogP contribution in [0.2, 0.25) is 0 Å². The maximum Gasteiger partial charge on any atom is 0.270 e. The molecule has 2 aromatic rings. The van der Waals surface area contributed by atoms with Crippen molar-refractivity contribution in [2.75, 3.05) is 14.2 Å². The molecule has 2 aromatic carbocycles. The van der Waals surface area contributed by atoms with Gasteiger partial charge in [0.1, 0.15) is 0 Å². The summed E-state index contributed by atoms with van der Waals surface area (Å²) in [5.41, 5.74) is 0.985. The normalized spacial score (nSPS) is 11.5. The molecular weight excluding hydrogens is 324 g/mol. The second kappa shape index (κ2) is 8.14. The van der Waals surface area contributed by atoms with Crippen LogP contribution < -0.4 is 14.8 Å². The van der Waals surface area contributed by atoms with Crippen molar-refractivity contribution in [3.8, 4) is 11.5 Å². The zero-order valence-corrected chi connectivity index (χ0v) is 14.3. The fraction of sp³-hybridized carbons (Fsp3) is 0.278. The highest BCUT2D eigenvalue weighted by Gasteiger charge is 2.18. The molecule has 0 aromatic heterocycles. The fourth-order valence-electron chi connectivity index (χ4n) is 2.49. The highest BCUT2D eigenvalue weighted by Crippen LogP contribution is 2.31. The van der Waals surface area contributed by atoms with Crippen LogP contribution in [-0.2, 0) is 0 Å². The Morgan fingerprint density at radius 3 is 2.48 bits per heavy atom. The number of ether oxygens (including phenoxy) is 2. The van der Waals surface area contributed by atoms with E-state index in [4.69, 9.17) is 9.47 Å². The van der Waals surface area contributed by atoms with Crippen molar-refractivity contribution in [3.05, 3.63) is 63.7 Å². The number of hydrogen-bond donors (Lipinski definition) is 1. The third kappa shape index (κ3) is 4.26. The second-order valence-corrected chi connectivity index (χ2v) is 5.36. The van der Waals surface area contributed by atoms with Gasteiger partial charge in [0.2, 0.25) is 0 Å². The van der Waals surface area contributed by atoms with Crippen LogP contribution in [0.3, 0.4) is 0 Å². The molecule has 1 amide bonds. The Kier molecular flexibility index (Phi) is 5.94. The third-order valence-corrected chi connectivity index (χ3v) is 3.84. The lowest BCUT2D eigenvalue weighted by Crippen LogP contribution is -2.28. The van der Waals surface area contributed by atoms with E-state index in [0.717, 1.165) is 5.56 Å². The van der Waals surface area contributed by atoms with Gasteiger partial charge in [0, 0.05) is 17.7 Å². The number of nitro groups is 1. The van der Waals surface area contributed by atoms with Crippen molar-refractivity contribution in [3.63, 3.8) is 0 Å². The van der Waals surface area contributed by atoms with E-state index < -0.39 is 4.92 Å². The number of nitro benzene ring substituents is 1. The van der Waals surface area contributed by atoms with Crippen LogP contribution in [0.25, 0.3) is 0 Å². The molecule has 0 radical (unpaired) electrons. The van der Waals surface area contributed by atoms with Crippen LogP contribution in [0, 0.1) is 10.1 Å². The first-order valence-electron chi connectivity index (χ1n) is 7.77. The van der Waals surface area contributed by atoms with E-state index >= 15 is 0 Å². The van der Waals surface area contributed by atoms with Crippen molar-refractivity contribution >= 4 is 11.6 Å². The number of amides is 1. The van der Waals surface area contributed by atoms with Crippen LogP contribution >= 0.6 is 0 Å². The number of benzene rings is 2. The molecule has 0 aliphatic rings. The minimum Gasteiger partial charge on any atom is -0.493 e. The van der Waals surface area contributed by atoms with Crippen LogP contribution in [0.4, 0.5) is 5.69 Å².